The molecule has 0 saturated carbocycles. The molecular weight excluding hydrogens is 370 g/mol. The molecular formula is C22H25N3O4. The number of carbonyl (C=O) groups is 1. The summed E-state index contributed by atoms with van der Waals surface area (Å²) in [5.74, 6) is 0.248. The topological polar surface area (TPSA) is 82.3 Å². The van der Waals surface area contributed by atoms with Gasteiger partial charge in [-0.3, -0.25) is 14.2 Å². The minimum atomic E-state index is -0.570. The summed E-state index contributed by atoms with van der Waals surface area (Å²) in [6, 6.07) is 12.0. The van der Waals surface area contributed by atoms with Gasteiger partial charge in [0.15, 0.2) is 0 Å². The standard InChI is InChI=1S/C22H25N3O4/c1-5-15(3)23-20(26)13-24-19-10-9-14(2)11-18(19)21(27)25(22(24)28)16-7-6-8-17(12-16)29-4/h6-12,15H,5,13H2,1-4H3,(H,23,26)/t15-/m0/s1. The van der Waals surface area contributed by atoms with Crippen LogP contribution in [0.15, 0.2) is 52.1 Å². The summed E-state index contributed by atoms with van der Waals surface area (Å²) in [6.45, 7) is 5.57. The zero-order chi connectivity index (χ0) is 21.1. The molecule has 2 aromatic carbocycles. The Balaban J connectivity index is 2.26. The number of nitrogens with zero attached hydrogens (tertiary/aromatic N) is 2. The van der Waals surface area contributed by atoms with Crippen LogP contribution in [0.2, 0.25) is 0 Å². The van der Waals surface area contributed by atoms with Gasteiger partial charge in [0, 0.05) is 12.1 Å². The van der Waals surface area contributed by atoms with Crippen molar-refractivity contribution in [1.82, 2.24) is 14.5 Å². The maximum Gasteiger partial charge on any atom is 0.336 e. The van der Waals surface area contributed by atoms with Crippen LogP contribution in [0.3, 0.4) is 0 Å². The van der Waals surface area contributed by atoms with Crippen molar-refractivity contribution < 1.29 is 9.53 Å². The van der Waals surface area contributed by atoms with Gasteiger partial charge in [-0.25, -0.2) is 9.36 Å². The van der Waals surface area contributed by atoms with E-state index in [0.29, 0.717) is 22.3 Å². The minimum Gasteiger partial charge on any atom is -0.497 e. The third kappa shape index (κ3) is 4.08. The van der Waals surface area contributed by atoms with Crippen molar-refractivity contribution in [3.63, 3.8) is 0 Å². The normalized spacial score (nSPS) is 12.0. The number of carbonyl (C=O) groups excluding carboxylic acids is 1. The summed E-state index contributed by atoms with van der Waals surface area (Å²) in [7, 11) is 1.52. The van der Waals surface area contributed by atoms with Crippen molar-refractivity contribution in [2.24, 2.45) is 0 Å². The summed E-state index contributed by atoms with van der Waals surface area (Å²) in [5, 5.41) is 3.25. The Morgan fingerprint density at radius 3 is 2.62 bits per heavy atom. The van der Waals surface area contributed by atoms with Crippen LogP contribution in [-0.4, -0.2) is 28.2 Å². The molecule has 152 valence electrons. The molecule has 0 saturated heterocycles. The lowest BCUT2D eigenvalue weighted by atomic mass is 10.1. The van der Waals surface area contributed by atoms with Crippen molar-refractivity contribution in [2.45, 2.75) is 39.8 Å². The zero-order valence-corrected chi connectivity index (χ0v) is 17.1. The van der Waals surface area contributed by atoms with Gasteiger partial charge in [0.05, 0.1) is 23.7 Å². The van der Waals surface area contributed by atoms with E-state index in [2.05, 4.69) is 5.32 Å². The second-order valence-electron chi connectivity index (χ2n) is 7.11. The summed E-state index contributed by atoms with van der Waals surface area (Å²) in [5.41, 5.74) is 0.711. The lowest BCUT2D eigenvalue weighted by Gasteiger charge is -2.16. The van der Waals surface area contributed by atoms with Gasteiger partial charge in [0.1, 0.15) is 12.3 Å². The maximum absolute atomic E-state index is 13.3. The highest BCUT2D eigenvalue weighted by Gasteiger charge is 2.17. The lowest BCUT2D eigenvalue weighted by Crippen LogP contribution is -2.43. The first-order valence-electron chi connectivity index (χ1n) is 9.55. The van der Waals surface area contributed by atoms with E-state index in [1.807, 2.05) is 26.8 Å². The number of hydrogen-bond donors (Lipinski definition) is 1. The van der Waals surface area contributed by atoms with Crippen molar-refractivity contribution in [2.75, 3.05) is 7.11 Å². The van der Waals surface area contributed by atoms with Gasteiger partial charge in [-0.05, 0) is 44.5 Å². The van der Waals surface area contributed by atoms with Gasteiger partial charge >= 0.3 is 5.69 Å². The van der Waals surface area contributed by atoms with Crippen LogP contribution in [0, 0.1) is 6.92 Å². The Bertz CT molecular complexity index is 1180. The number of hydrogen-bond acceptors (Lipinski definition) is 4. The Labute approximate surface area is 168 Å². The first-order chi connectivity index (χ1) is 13.8. The molecule has 0 aliphatic rings. The third-order valence-corrected chi connectivity index (χ3v) is 4.93. The summed E-state index contributed by atoms with van der Waals surface area (Å²) < 4.78 is 7.65. The van der Waals surface area contributed by atoms with E-state index in [0.717, 1.165) is 16.6 Å². The van der Waals surface area contributed by atoms with Gasteiger partial charge < -0.3 is 10.1 Å². The molecule has 0 fully saturated rings. The molecule has 1 heterocycles. The Hall–Kier alpha value is -3.35. The fourth-order valence-electron chi connectivity index (χ4n) is 3.18. The predicted octanol–water partition coefficient (Wildman–Crippen LogP) is 2.38. The highest BCUT2D eigenvalue weighted by Crippen LogP contribution is 2.16. The molecule has 0 bridgehead atoms. The molecule has 7 nitrogen and oxygen atoms in total. The second-order valence-corrected chi connectivity index (χ2v) is 7.11. The Morgan fingerprint density at radius 2 is 1.93 bits per heavy atom. The quantitative estimate of drug-likeness (QED) is 0.695. The average molecular weight is 395 g/mol. The molecule has 0 aliphatic heterocycles. The second kappa shape index (κ2) is 8.34. The number of methoxy groups -OCH3 is 1. The number of amides is 1. The van der Waals surface area contributed by atoms with Gasteiger partial charge in [-0.15, -0.1) is 0 Å². The van der Waals surface area contributed by atoms with E-state index >= 15 is 0 Å². The average Bonchev–Trinajstić information content (AvgIpc) is 2.71. The van der Waals surface area contributed by atoms with Gasteiger partial charge in [0.2, 0.25) is 5.91 Å². The molecule has 0 unspecified atom stereocenters. The largest absolute Gasteiger partial charge is 0.497 e. The molecule has 1 aromatic heterocycles. The molecule has 1 atom stereocenters. The van der Waals surface area contributed by atoms with Crippen LogP contribution in [0.5, 0.6) is 5.75 Å². The van der Waals surface area contributed by atoms with Crippen molar-refractivity contribution in [1.29, 1.82) is 0 Å². The summed E-state index contributed by atoms with van der Waals surface area (Å²) in [4.78, 5) is 39.0. The third-order valence-electron chi connectivity index (χ3n) is 4.93. The van der Waals surface area contributed by atoms with E-state index in [9.17, 15) is 14.4 Å². The first kappa shape index (κ1) is 20.4. The molecule has 0 spiro atoms. The minimum absolute atomic E-state index is 0.00370. The number of aryl methyl sites for hydroxylation is 1. The fourth-order valence-corrected chi connectivity index (χ4v) is 3.18. The van der Waals surface area contributed by atoms with Crippen LogP contribution in [0.25, 0.3) is 16.6 Å². The van der Waals surface area contributed by atoms with E-state index < -0.39 is 11.2 Å². The molecule has 29 heavy (non-hydrogen) atoms. The van der Waals surface area contributed by atoms with Crippen molar-refractivity contribution in [3.8, 4) is 11.4 Å². The summed E-state index contributed by atoms with van der Waals surface area (Å²) >= 11 is 0. The number of nitrogens with one attached hydrogen (secondary N) is 1. The highest BCUT2D eigenvalue weighted by atomic mass is 16.5. The Morgan fingerprint density at radius 1 is 1.17 bits per heavy atom. The molecule has 7 heteroatoms. The van der Waals surface area contributed by atoms with Gasteiger partial charge in [-0.1, -0.05) is 24.6 Å². The number of ether oxygens (including phenoxy) is 1. The number of aromatic nitrogens is 2. The summed E-state index contributed by atoms with van der Waals surface area (Å²) in [6.07, 6.45) is 0.782. The van der Waals surface area contributed by atoms with Crippen molar-refractivity contribution >= 4 is 16.8 Å². The van der Waals surface area contributed by atoms with Gasteiger partial charge in [0.25, 0.3) is 5.56 Å². The molecule has 0 aliphatic carbocycles. The number of rotatable bonds is 6. The zero-order valence-electron chi connectivity index (χ0n) is 17.1. The van der Waals surface area contributed by atoms with E-state index in [1.165, 1.54) is 11.7 Å². The van der Waals surface area contributed by atoms with E-state index in [4.69, 9.17) is 4.74 Å². The van der Waals surface area contributed by atoms with E-state index in [-0.39, 0.29) is 18.5 Å². The van der Waals surface area contributed by atoms with Crippen LogP contribution in [0.4, 0.5) is 0 Å². The fraction of sp³-hybridized carbons (Fsp3) is 0.318. The van der Waals surface area contributed by atoms with Crippen LogP contribution < -0.4 is 21.3 Å². The van der Waals surface area contributed by atoms with Crippen LogP contribution >= 0.6 is 0 Å². The smallest absolute Gasteiger partial charge is 0.336 e. The van der Waals surface area contributed by atoms with Crippen LogP contribution in [-0.2, 0) is 11.3 Å². The maximum atomic E-state index is 13.3. The molecule has 0 radical (unpaired) electrons. The van der Waals surface area contributed by atoms with Crippen molar-refractivity contribution in [3.05, 3.63) is 68.9 Å². The molecule has 3 aromatic rings. The number of fused-ring (bicyclic) bond motifs is 1. The van der Waals surface area contributed by atoms with Crippen LogP contribution in [0.1, 0.15) is 25.8 Å². The lowest BCUT2D eigenvalue weighted by molar-refractivity contribution is -0.122. The predicted molar refractivity (Wildman–Crippen MR) is 113 cm³/mol. The first-order valence-corrected chi connectivity index (χ1v) is 9.55. The Kier molecular flexibility index (Phi) is 5.87. The molecule has 1 N–H and O–H groups in total. The molecule has 3 rings (SSSR count). The van der Waals surface area contributed by atoms with Gasteiger partial charge in [-0.2, -0.15) is 0 Å². The molecule has 1 amide bonds. The SMILES string of the molecule is CC[C@H](C)NC(=O)Cn1c(=O)n(-c2cccc(OC)c2)c(=O)c2cc(C)ccc21. The highest BCUT2D eigenvalue weighted by molar-refractivity contribution is 5.82. The monoisotopic (exact) mass is 395 g/mol. The van der Waals surface area contributed by atoms with E-state index in [1.54, 1.807) is 36.4 Å². The number of benzene rings is 2.